The Morgan fingerprint density at radius 2 is 1.90 bits per heavy atom. The minimum Gasteiger partial charge on any atom is -0.411 e. The highest BCUT2D eigenvalue weighted by atomic mass is 32.2. The predicted octanol–water partition coefficient (Wildman–Crippen LogP) is 2.59. The molecule has 0 radical (unpaired) electrons. The van der Waals surface area contributed by atoms with Gasteiger partial charge in [-0.05, 0) is 25.1 Å². The fourth-order valence-corrected chi connectivity index (χ4v) is 2.63. The molecule has 1 N–H and O–H groups in total. The molecule has 5 nitrogen and oxygen atoms in total. The summed E-state index contributed by atoms with van der Waals surface area (Å²) < 4.78 is 24.5. The molecule has 0 aliphatic rings. The Morgan fingerprint density at radius 3 is 2.45 bits per heavy atom. The predicted molar refractivity (Wildman–Crippen MR) is 77.3 cm³/mol. The second-order valence-corrected chi connectivity index (χ2v) is 5.96. The standard InChI is InChI=1S/C14H14N2O3S/c1-12-7-9-13(10-8-12)20(18,19)14(15-2)6-4-3-5-11-16-17/h3-11,14,17H,1H3/b5-3+,6-4+,16-11+. The van der Waals surface area contributed by atoms with Crippen molar-refractivity contribution in [2.45, 2.75) is 17.2 Å². The lowest BCUT2D eigenvalue weighted by Crippen LogP contribution is -2.15. The molecule has 0 aliphatic heterocycles. The van der Waals surface area contributed by atoms with Crippen LogP contribution in [-0.4, -0.2) is 25.2 Å². The highest BCUT2D eigenvalue weighted by molar-refractivity contribution is 7.92. The van der Waals surface area contributed by atoms with Crippen LogP contribution in [-0.2, 0) is 9.84 Å². The molecule has 0 amide bonds. The number of hydrogen-bond donors (Lipinski definition) is 1. The molecule has 104 valence electrons. The van der Waals surface area contributed by atoms with Gasteiger partial charge in [0.15, 0.2) is 0 Å². The Morgan fingerprint density at radius 1 is 1.25 bits per heavy atom. The van der Waals surface area contributed by atoms with Gasteiger partial charge >= 0.3 is 5.37 Å². The largest absolute Gasteiger partial charge is 0.411 e. The quantitative estimate of drug-likeness (QED) is 0.298. The fourth-order valence-electron chi connectivity index (χ4n) is 1.39. The molecule has 0 heterocycles. The van der Waals surface area contributed by atoms with Gasteiger partial charge < -0.3 is 5.21 Å². The van der Waals surface area contributed by atoms with Crippen molar-refractivity contribution in [1.82, 2.24) is 0 Å². The van der Waals surface area contributed by atoms with Gasteiger partial charge in [0, 0.05) is 6.08 Å². The van der Waals surface area contributed by atoms with E-state index < -0.39 is 15.2 Å². The Balaban J connectivity index is 2.99. The third kappa shape index (κ3) is 4.07. The van der Waals surface area contributed by atoms with Crippen LogP contribution in [0.4, 0.5) is 0 Å². The Kier molecular flexibility index (Phi) is 5.69. The van der Waals surface area contributed by atoms with Crippen molar-refractivity contribution in [3.63, 3.8) is 0 Å². The third-order valence-electron chi connectivity index (χ3n) is 2.45. The van der Waals surface area contributed by atoms with Crippen molar-refractivity contribution in [2.24, 2.45) is 5.16 Å². The summed E-state index contributed by atoms with van der Waals surface area (Å²) in [5, 5.41) is 9.65. The zero-order valence-corrected chi connectivity index (χ0v) is 11.7. The van der Waals surface area contributed by atoms with Gasteiger partial charge in [-0.25, -0.2) is 15.0 Å². The zero-order chi connectivity index (χ0) is 15.0. The smallest absolute Gasteiger partial charge is 0.343 e. The molecule has 1 aromatic carbocycles. The molecule has 1 rings (SSSR count). The number of allylic oxidation sites excluding steroid dienone is 3. The Labute approximate surface area is 118 Å². The van der Waals surface area contributed by atoms with Crippen LogP contribution in [0.5, 0.6) is 0 Å². The number of benzene rings is 1. The van der Waals surface area contributed by atoms with E-state index in [0.29, 0.717) is 0 Å². The summed E-state index contributed by atoms with van der Waals surface area (Å²) in [6.07, 6.45) is 6.73. The first-order valence-electron chi connectivity index (χ1n) is 5.70. The molecule has 0 aromatic heterocycles. The van der Waals surface area contributed by atoms with Gasteiger partial charge in [-0.3, -0.25) is 4.85 Å². The van der Waals surface area contributed by atoms with Gasteiger partial charge in [-0.15, -0.1) is 0 Å². The second kappa shape index (κ2) is 7.26. The van der Waals surface area contributed by atoms with Gasteiger partial charge in [-0.1, -0.05) is 35.0 Å². The molecule has 0 fully saturated rings. The molecule has 20 heavy (non-hydrogen) atoms. The summed E-state index contributed by atoms with van der Waals surface area (Å²) in [4.78, 5) is 3.25. The van der Waals surface area contributed by atoms with Crippen LogP contribution in [0.2, 0.25) is 0 Å². The van der Waals surface area contributed by atoms with Crippen LogP contribution in [0.1, 0.15) is 5.56 Å². The van der Waals surface area contributed by atoms with Crippen LogP contribution in [0.25, 0.3) is 4.85 Å². The van der Waals surface area contributed by atoms with E-state index >= 15 is 0 Å². The summed E-state index contributed by atoms with van der Waals surface area (Å²) in [5.41, 5.74) is 0.949. The Bertz CT molecular complexity index is 665. The van der Waals surface area contributed by atoms with E-state index in [1.165, 1.54) is 36.4 Å². The molecule has 0 spiro atoms. The maximum Gasteiger partial charge on any atom is 0.343 e. The van der Waals surface area contributed by atoms with E-state index in [-0.39, 0.29) is 4.90 Å². The number of hydrogen-bond acceptors (Lipinski definition) is 4. The van der Waals surface area contributed by atoms with E-state index in [1.54, 1.807) is 12.1 Å². The molecule has 0 aliphatic carbocycles. The number of aryl methyl sites for hydroxylation is 1. The van der Waals surface area contributed by atoms with E-state index in [4.69, 9.17) is 11.8 Å². The van der Waals surface area contributed by atoms with Crippen molar-refractivity contribution in [1.29, 1.82) is 0 Å². The lowest BCUT2D eigenvalue weighted by molar-refractivity contribution is 0.322. The minimum atomic E-state index is -3.72. The van der Waals surface area contributed by atoms with E-state index in [9.17, 15) is 8.42 Å². The molecule has 0 saturated carbocycles. The Hall–Kier alpha value is -2.39. The number of rotatable bonds is 5. The van der Waals surface area contributed by atoms with E-state index in [2.05, 4.69) is 10.0 Å². The number of oxime groups is 1. The summed E-state index contributed by atoms with van der Waals surface area (Å²) >= 11 is 0. The fraction of sp³-hybridized carbons (Fsp3) is 0.143. The van der Waals surface area contributed by atoms with Gasteiger partial charge in [-0.2, -0.15) is 0 Å². The van der Waals surface area contributed by atoms with Crippen molar-refractivity contribution >= 4 is 16.1 Å². The molecule has 0 saturated heterocycles. The van der Waals surface area contributed by atoms with Crippen LogP contribution >= 0.6 is 0 Å². The van der Waals surface area contributed by atoms with Crippen molar-refractivity contribution in [2.75, 3.05) is 0 Å². The van der Waals surface area contributed by atoms with Crippen molar-refractivity contribution < 1.29 is 13.6 Å². The molecule has 1 atom stereocenters. The van der Waals surface area contributed by atoms with Crippen LogP contribution < -0.4 is 0 Å². The monoisotopic (exact) mass is 290 g/mol. The highest BCUT2D eigenvalue weighted by Gasteiger charge is 2.29. The maximum atomic E-state index is 12.2. The first-order valence-corrected chi connectivity index (χ1v) is 7.25. The van der Waals surface area contributed by atoms with Crippen LogP contribution in [0, 0.1) is 13.5 Å². The van der Waals surface area contributed by atoms with Gasteiger partial charge in [0.25, 0.3) is 9.84 Å². The minimum absolute atomic E-state index is 0.120. The lowest BCUT2D eigenvalue weighted by atomic mass is 10.2. The average molecular weight is 290 g/mol. The van der Waals surface area contributed by atoms with Gasteiger partial charge in [0.1, 0.15) is 0 Å². The molecular formula is C14H14N2O3S. The maximum absolute atomic E-state index is 12.2. The van der Waals surface area contributed by atoms with Crippen molar-refractivity contribution in [3.05, 3.63) is 65.6 Å². The molecule has 0 bridgehead atoms. The summed E-state index contributed by atoms with van der Waals surface area (Å²) in [7, 11) is -3.72. The van der Waals surface area contributed by atoms with Gasteiger partial charge in [0.2, 0.25) is 0 Å². The van der Waals surface area contributed by atoms with Crippen molar-refractivity contribution in [3.8, 4) is 0 Å². The average Bonchev–Trinajstić information content (AvgIpc) is 2.43. The van der Waals surface area contributed by atoms with Crippen LogP contribution in [0.3, 0.4) is 0 Å². The molecule has 1 unspecified atom stereocenters. The SMILES string of the molecule is [C-]#[N+]C(/C=C/C=C/C=N/O)S(=O)(=O)c1ccc(C)cc1. The first-order chi connectivity index (χ1) is 9.52. The van der Waals surface area contributed by atoms with Crippen LogP contribution in [0.15, 0.2) is 58.6 Å². The highest BCUT2D eigenvalue weighted by Crippen LogP contribution is 2.18. The number of nitrogens with zero attached hydrogens (tertiary/aromatic N) is 2. The lowest BCUT2D eigenvalue weighted by Gasteiger charge is -2.04. The zero-order valence-electron chi connectivity index (χ0n) is 10.8. The second-order valence-electron chi connectivity index (χ2n) is 3.91. The first kappa shape index (κ1) is 15.7. The normalized spacial score (nSPS) is 14.0. The summed E-state index contributed by atoms with van der Waals surface area (Å²) in [6.45, 7) is 8.89. The topological polar surface area (TPSA) is 71.1 Å². The third-order valence-corrected chi connectivity index (χ3v) is 4.27. The summed E-state index contributed by atoms with van der Waals surface area (Å²) in [6, 6.07) is 6.36. The summed E-state index contributed by atoms with van der Waals surface area (Å²) in [5.74, 6) is 0. The molecule has 6 heteroatoms. The molecule has 1 aromatic rings. The van der Waals surface area contributed by atoms with Gasteiger partial charge in [0.05, 0.1) is 11.1 Å². The van der Waals surface area contributed by atoms with E-state index in [0.717, 1.165) is 11.8 Å². The number of sulfone groups is 1. The van der Waals surface area contributed by atoms with E-state index in [1.807, 2.05) is 6.92 Å². The molecular weight excluding hydrogens is 276 g/mol.